The van der Waals surface area contributed by atoms with Crippen molar-refractivity contribution in [1.29, 1.82) is 0 Å². The third kappa shape index (κ3) is 2.12. The Morgan fingerprint density at radius 3 is 3.00 bits per heavy atom. The van der Waals surface area contributed by atoms with Gasteiger partial charge in [-0.3, -0.25) is 0 Å². The molecule has 0 saturated carbocycles. The lowest BCUT2D eigenvalue weighted by atomic mass is 10.2. The van der Waals surface area contributed by atoms with Crippen LogP contribution in [-0.2, 0) is 0 Å². The summed E-state index contributed by atoms with van der Waals surface area (Å²) in [4.78, 5) is 2.51. The third-order valence-corrected chi connectivity index (χ3v) is 2.69. The summed E-state index contributed by atoms with van der Waals surface area (Å²) in [5, 5.41) is 7.90. The lowest BCUT2D eigenvalue weighted by Crippen LogP contribution is -2.25. The standard InChI is InChI=1S/C10H18N4/c1-9(2)7-13-5-3-10(8-13)14-6-4-11-12-14/h4,6,9-10H,3,5,7-8H2,1-2H3. The van der Waals surface area contributed by atoms with Crippen LogP contribution in [0.4, 0.5) is 0 Å². The molecule has 1 aromatic rings. The van der Waals surface area contributed by atoms with E-state index >= 15 is 0 Å². The van der Waals surface area contributed by atoms with E-state index in [1.54, 1.807) is 6.20 Å². The number of hydrogen-bond donors (Lipinski definition) is 0. The molecule has 0 spiro atoms. The van der Waals surface area contributed by atoms with Gasteiger partial charge in [-0.2, -0.15) is 0 Å². The van der Waals surface area contributed by atoms with Gasteiger partial charge in [0.05, 0.1) is 12.2 Å². The van der Waals surface area contributed by atoms with E-state index in [-0.39, 0.29) is 0 Å². The van der Waals surface area contributed by atoms with Crippen molar-refractivity contribution in [3.8, 4) is 0 Å². The van der Waals surface area contributed by atoms with Crippen LogP contribution in [0.3, 0.4) is 0 Å². The van der Waals surface area contributed by atoms with Gasteiger partial charge < -0.3 is 4.90 Å². The first-order valence-corrected chi connectivity index (χ1v) is 5.34. The van der Waals surface area contributed by atoms with E-state index in [1.807, 2.05) is 10.9 Å². The summed E-state index contributed by atoms with van der Waals surface area (Å²) in [5.41, 5.74) is 0. The molecule has 1 saturated heterocycles. The monoisotopic (exact) mass is 194 g/mol. The van der Waals surface area contributed by atoms with Crippen LogP contribution in [0.25, 0.3) is 0 Å². The summed E-state index contributed by atoms with van der Waals surface area (Å²) in [5.74, 6) is 0.754. The minimum absolute atomic E-state index is 0.538. The van der Waals surface area contributed by atoms with Gasteiger partial charge in [0.1, 0.15) is 0 Å². The highest BCUT2D eigenvalue weighted by Gasteiger charge is 2.24. The SMILES string of the molecule is CC(C)CN1CCC(n2ccnn2)C1. The lowest BCUT2D eigenvalue weighted by Gasteiger charge is -2.17. The molecule has 0 bridgehead atoms. The molecule has 1 unspecified atom stereocenters. The van der Waals surface area contributed by atoms with E-state index in [0.29, 0.717) is 6.04 Å². The molecule has 4 heteroatoms. The smallest absolute Gasteiger partial charge is 0.0693 e. The number of aromatic nitrogens is 3. The Morgan fingerprint density at radius 1 is 1.50 bits per heavy atom. The summed E-state index contributed by atoms with van der Waals surface area (Å²) in [6.07, 6.45) is 4.92. The normalized spacial score (nSPS) is 23.5. The van der Waals surface area contributed by atoms with Crippen LogP contribution in [0.1, 0.15) is 26.3 Å². The van der Waals surface area contributed by atoms with Crippen molar-refractivity contribution >= 4 is 0 Å². The van der Waals surface area contributed by atoms with E-state index in [2.05, 4.69) is 29.1 Å². The lowest BCUT2D eigenvalue weighted by molar-refractivity contribution is 0.283. The minimum atomic E-state index is 0.538. The maximum Gasteiger partial charge on any atom is 0.0693 e. The van der Waals surface area contributed by atoms with Gasteiger partial charge in [0.15, 0.2) is 0 Å². The zero-order chi connectivity index (χ0) is 9.97. The average Bonchev–Trinajstić information content (AvgIpc) is 2.69. The fourth-order valence-electron chi connectivity index (χ4n) is 2.12. The fourth-order valence-corrected chi connectivity index (χ4v) is 2.12. The molecule has 1 aromatic heterocycles. The maximum atomic E-state index is 4.05. The molecule has 0 aromatic carbocycles. The molecule has 14 heavy (non-hydrogen) atoms. The first-order chi connectivity index (χ1) is 6.75. The van der Waals surface area contributed by atoms with Crippen molar-refractivity contribution < 1.29 is 0 Å². The zero-order valence-electron chi connectivity index (χ0n) is 8.93. The second-order valence-corrected chi connectivity index (χ2v) is 4.48. The summed E-state index contributed by atoms with van der Waals surface area (Å²) < 4.78 is 1.99. The maximum absolute atomic E-state index is 4.05. The van der Waals surface area contributed by atoms with Gasteiger partial charge in [-0.25, -0.2) is 4.68 Å². The van der Waals surface area contributed by atoms with Crippen LogP contribution in [0.2, 0.25) is 0 Å². The van der Waals surface area contributed by atoms with E-state index in [1.165, 1.54) is 19.5 Å². The molecule has 1 aliphatic heterocycles. The van der Waals surface area contributed by atoms with E-state index in [4.69, 9.17) is 0 Å². The van der Waals surface area contributed by atoms with Crippen molar-refractivity contribution in [3.05, 3.63) is 12.4 Å². The first kappa shape index (κ1) is 9.65. The summed E-state index contributed by atoms with van der Waals surface area (Å²) in [6, 6.07) is 0.538. The molecule has 78 valence electrons. The highest BCUT2D eigenvalue weighted by atomic mass is 15.4. The number of rotatable bonds is 3. The van der Waals surface area contributed by atoms with E-state index in [0.717, 1.165) is 12.5 Å². The van der Waals surface area contributed by atoms with Crippen molar-refractivity contribution in [1.82, 2.24) is 19.9 Å². The quantitative estimate of drug-likeness (QED) is 0.724. The van der Waals surface area contributed by atoms with Crippen LogP contribution in [0.15, 0.2) is 12.4 Å². The number of hydrogen-bond acceptors (Lipinski definition) is 3. The van der Waals surface area contributed by atoms with Gasteiger partial charge in [-0.05, 0) is 12.3 Å². The Bertz CT molecular complexity index is 268. The van der Waals surface area contributed by atoms with Crippen LogP contribution in [0.5, 0.6) is 0 Å². The molecule has 0 N–H and O–H groups in total. The molecular formula is C10H18N4. The second-order valence-electron chi connectivity index (χ2n) is 4.48. The fraction of sp³-hybridized carbons (Fsp3) is 0.800. The molecule has 2 heterocycles. The Labute approximate surface area is 84.9 Å². The Kier molecular flexibility index (Phi) is 2.82. The summed E-state index contributed by atoms with van der Waals surface area (Å²) in [6.45, 7) is 8.06. The van der Waals surface area contributed by atoms with Crippen LogP contribution in [-0.4, -0.2) is 39.5 Å². The highest BCUT2D eigenvalue weighted by Crippen LogP contribution is 2.20. The molecule has 0 radical (unpaired) electrons. The predicted octanol–water partition coefficient (Wildman–Crippen LogP) is 1.18. The Balaban J connectivity index is 1.89. The highest BCUT2D eigenvalue weighted by molar-refractivity contribution is 4.82. The molecule has 1 aliphatic rings. The first-order valence-electron chi connectivity index (χ1n) is 5.34. The van der Waals surface area contributed by atoms with E-state index in [9.17, 15) is 0 Å². The topological polar surface area (TPSA) is 34.0 Å². The van der Waals surface area contributed by atoms with Crippen molar-refractivity contribution in [2.45, 2.75) is 26.3 Å². The molecule has 0 amide bonds. The third-order valence-electron chi connectivity index (χ3n) is 2.69. The van der Waals surface area contributed by atoms with Crippen molar-refractivity contribution in [2.75, 3.05) is 19.6 Å². The molecule has 0 aliphatic carbocycles. The van der Waals surface area contributed by atoms with Gasteiger partial charge in [-0.15, -0.1) is 5.10 Å². The van der Waals surface area contributed by atoms with Gasteiger partial charge in [-0.1, -0.05) is 19.1 Å². The van der Waals surface area contributed by atoms with E-state index < -0.39 is 0 Å². The zero-order valence-corrected chi connectivity index (χ0v) is 8.93. The largest absolute Gasteiger partial charge is 0.301 e. The predicted molar refractivity (Wildman–Crippen MR) is 55.0 cm³/mol. The van der Waals surface area contributed by atoms with Crippen LogP contribution in [0, 0.1) is 5.92 Å². The molecule has 1 atom stereocenters. The summed E-state index contributed by atoms with van der Waals surface area (Å²) >= 11 is 0. The van der Waals surface area contributed by atoms with Gasteiger partial charge in [0, 0.05) is 25.8 Å². The molecule has 2 rings (SSSR count). The second kappa shape index (κ2) is 4.09. The average molecular weight is 194 g/mol. The van der Waals surface area contributed by atoms with Crippen molar-refractivity contribution in [2.24, 2.45) is 5.92 Å². The van der Waals surface area contributed by atoms with Crippen LogP contribution < -0.4 is 0 Å². The Hall–Kier alpha value is -0.900. The summed E-state index contributed by atoms with van der Waals surface area (Å²) in [7, 11) is 0. The molecular weight excluding hydrogens is 176 g/mol. The van der Waals surface area contributed by atoms with Gasteiger partial charge >= 0.3 is 0 Å². The number of nitrogens with zero attached hydrogens (tertiary/aromatic N) is 4. The molecule has 4 nitrogen and oxygen atoms in total. The number of likely N-dealkylation sites (tertiary alicyclic amines) is 1. The Morgan fingerprint density at radius 2 is 2.36 bits per heavy atom. The van der Waals surface area contributed by atoms with Crippen LogP contribution >= 0.6 is 0 Å². The van der Waals surface area contributed by atoms with Gasteiger partial charge in [0.25, 0.3) is 0 Å². The van der Waals surface area contributed by atoms with Gasteiger partial charge in [0.2, 0.25) is 0 Å². The minimum Gasteiger partial charge on any atom is -0.301 e. The van der Waals surface area contributed by atoms with Crippen molar-refractivity contribution in [3.63, 3.8) is 0 Å². The molecule has 1 fully saturated rings.